The van der Waals surface area contributed by atoms with Gasteiger partial charge in [-0.05, 0) is 24.0 Å². The van der Waals surface area contributed by atoms with Gasteiger partial charge < -0.3 is 10.4 Å². The summed E-state index contributed by atoms with van der Waals surface area (Å²) in [4.78, 5) is 4.29. The van der Waals surface area contributed by atoms with Gasteiger partial charge >= 0.3 is 0 Å². The number of rotatable bonds is 6. The van der Waals surface area contributed by atoms with Crippen molar-refractivity contribution < 1.29 is 5.11 Å². The average Bonchev–Trinajstić information content (AvgIpc) is 2.28. The van der Waals surface area contributed by atoms with Crippen LogP contribution in [0.3, 0.4) is 0 Å². The standard InChI is InChI=1S/C14H24N2O/c1-14(2,3)13(8-11-17)16-10-7-12-6-4-5-9-15-12/h4-6,9,13,16-17H,7-8,10-11H2,1-3H3. The van der Waals surface area contributed by atoms with Crippen LogP contribution < -0.4 is 5.32 Å². The van der Waals surface area contributed by atoms with Crippen LogP contribution in [0.4, 0.5) is 0 Å². The number of pyridine rings is 1. The average molecular weight is 236 g/mol. The zero-order valence-corrected chi connectivity index (χ0v) is 11.1. The lowest BCUT2D eigenvalue weighted by atomic mass is 9.85. The minimum absolute atomic E-state index is 0.173. The third-order valence-electron chi connectivity index (χ3n) is 2.96. The maximum Gasteiger partial charge on any atom is 0.0446 e. The molecule has 1 aromatic heterocycles. The number of nitrogens with one attached hydrogen (secondary N) is 1. The molecule has 96 valence electrons. The molecular formula is C14H24N2O. The first-order chi connectivity index (χ1) is 8.04. The first-order valence-electron chi connectivity index (χ1n) is 6.28. The predicted octanol–water partition coefficient (Wildman–Crippen LogP) is 2.01. The Bertz CT molecular complexity index is 306. The molecule has 0 saturated heterocycles. The Hall–Kier alpha value is -0.930. The molecule has 0 saturated carbocycles. The zero-order valence-electron chi connectivity index (χ0n) is 11.1. The number of aliphatic hydroxyl groups is 1. The van der Waals surface area contributed by atoms with Gasteiger partial charge in [0.1, 0.15) is 0 Å². The number of aromatic nitrogens is 1. The Labute approximate surface area is 104 Å². The minimum Gasteiger partial charge on any atom is -0.396 e. The van der Waals surface area contributed by atoms with E-state index in [2.05, 4.69) is 31.1 Å². The van der Waals surface area contributed by atoms with Crippen molar-refractivity contribution in [1.82, 2.24) is 10.3 Å². The van der Waals surface area contributed by atoms with E-state index in [-0.39, 0.29) is 12.0 Å². The van der Waals surface area contributed by atoms with Gasteiger partial charge in [0.2, 0.25) is 0 Å². The molecule has 0 fully saturated rings. The highest BCUT2D eigenvalue weighted by atomic mass is 16.3. The Morgan fingerprint density at radius 2 is 2.12 bits per heavy atom. The lowest BCUT2D eigenvalue weighted by Gasteiger charge is -2.31. The first kappa shape index (κ1) is 14.1. The largest absolute Gasteiger partial charge is 0.396 e. The van der Waals surface area contributed by atoms with E-state index in [0.717, 1.165) is 25.1 Å². The zero-order chi connectivity index (χ0) is 12.7. The third-order valence-corrected chi connectivity index (χ3v) is 2.96. The van der Waals surface area contributed by atoms with E-state index in [4.69, 9.17) is 5.11 Å². The van der Waals surface area contributed by atoms with Crippen molar-refractivity contribution in [2.24, 2.45) is 5.41 Å². The van der Waals surface area contributed by atoms with E-state index in [9.17, 15) is 0 Å². The smallest absolute Gasteiger partial charge is 0.0446 e. The second kappa shape index (κ2) is 6.72. The summed E-state index contributed by atoms with van der Waals surface area (Å²) in [5.74, 6) is 0. The Balaban J connectivity index is 2.37. The molecule has 0 aliphatic heterocycles. The number of nitrogens with zero attached hydrogens (tertiary/aromatic N) is 1. The van der Waals surface area contributed by atoms with Crippen LogP contribution in [0.25, 0.3) is 0 Å². The quantitative estimate of drug-likeness (QED) is 0.794. The van der Waals surface area contributed by atoms with E-state index in [1.807, 2.05) is 24.4 Å². The molecule has 0 bridgehead atoms. The van der Waals surface area contributed by atoms with Gasteiger partial charge in [-0.3, -0.25) is 4.98 Å². The molecular weight excluding hydrogens is 212 g/mol. The molecule has 1 aromatic rings. The predicted molar refractivity (Wildman–Crippen MR) is 70.9 cm³/mol. The van der Waals surface area contributed by atoms with Crippen molar-refractivity contribution in [2.75, 3.05) is 13.2 Å². The van der Waals surface area contributed by atoms with Gasteiger partial charge in [-0.2, -0.15) is 0 Å². The maximum atomic E-state index is 9.06. The van der Waals surface area contributed by atoms with Crippen LogP contribution in [0.5, 0.6) is 0 Å². The van der Waals surface area contributed by atoms with Gasteiger partial charge in [-0.15, -0.1) is 0 Å². The highest BCUT2D eigenvalue weighted by Crippen LogP contribution is 2.21. The van der Waals surface area contributed by atoms with E-state index < -0.39 is 0 Å². The highest BCUT2D eigenvalue weighted by molar-refractivity contribution is 5.03. The first-order valence-corrected chi connectivity index (χ1v) is 6.28. The van der Waals surface area contributed by atoms with Crippen LogP contribution in [0.2, 0.25) is 0 Å². The summed E-state index contributed by atoms with van der Waals surface area (Å²) < 4.78 is 0. The second-order valence-electron chi connectivity index (χ2n) is 5.46. The number of hydrogen-bond donors (Lipinski definition) is 2. The van der Waals surface area contributed by atoms with Gasteiger partial charge in [0.05, 0.1) is 0 Å². The fraction of sp³-hybridized carbons (Fsp3) is 0.643. The summed E-state index contributed by atoms with van der Waals surface area (Å²) in [5.41, 5.74) is 1.28. The van der Waals surface area contributed by atoms with Gasteiger partial charge in [0.25, 0.3) is 0 Å². The summed E-state index contributed by atoms with van der Waals surface area (Å²) in [6.07, 6.45) is 3.55. The van der Waals surface area contributed by atoms with Crippen molar-refractivity contribution >= 4 is 0 Å². The molecule has 1 atom stereocenters. The van der Waals surface area contributed by atoms with Crippen LogP contribution in [0.1, 0.15) is 32.9 Å². The van der Waals surface area contributed by atoms with Crippen molar-refractivity contribution in [3.63, 3.8) is 0 Å². The monoisotopic (exact) mass is 236 g/mol. The molecule has 0 aliphatic rings. The summed E-state index contributed by atoms with van der Waals surface area (Å²) in [5, 5.41) is 12.6. The van der Waals surface area contributed by atoms with Gasteiger partial charge in [0.15, 0.2) is 0 Å². The van der Waals surface area contributed by atoms with Gasteiger partial charge in [-0.25, -0.2) is 0 Å². The maximum absolute atomic E-state index is 9.06. The van der Waals surface area contributed by atoms with Crippen LogP contribution >= 0.6 is 0 Å². The molecule has 17 heavy (non-hydrogen) atoms. The van der Waals surface area contributed by atoms with Gasteiger partial charge in [0, 0.05) is 37.5 Å². The van der Waals surface area contributed by atoms with E-state index >= 15 is 0 Å². The van der Waals surface area contributed by atoms with E-state index in [1.54, 1.807) is 0 Å². The van der Waals surface area contributed by atoms with Crippen molar-refractivity contribution in [3.05, 3.63) is 30.1 Å². The lowest BCUT2D eigenvalue weighted by Crippen LogP contribution is -2.41. The molecule has 2 N–H and O–H groups in total. The minimum atomic E-state index is 0.173. The molecule has 0 aromatic carbocycles. The van der Waals surface area contributed by atoms with Crippen molar-refractivity contribution in [2.45, 2.75) is 39.7 Å². The highest BCUT2D eigenvalue weighted by Gasteiger charge is 2.23. The fourth-order valence-corrected chi connectivity index (χ4v) is 1.89. The molecule has 0 aliphatic carbocycles. The van der Waals surface area contributed by atoms with Crippen molar-refractivity contribution in [1.29, 1.82) is 0 Å². The summed E-state index contributed by atoms with van der Waals surface area (Å²) >= 11 is 0. The lowest BCUT2D eigenvalue weighted by molar-refractivity contribution is 0.198. The normalized spacial score (nSPS) is 13.6. The fourth-order valence-electron chi connectivity index (χ4n) is 1.89. The Morgan fingerprint density at radius 1 is 1.35 bits per heavy atom. The molecule has 0 spiro atoms. The molecule has 1 rings (SSSR count). The van der Waals surface area contributed by atoms with Crippen LogP contribution in [0, 0.1) is 5.41 Å². The SMILES string of the molecule is CC(C)(C)C(CCO)NCCc1ccccn1. The van der Waals surface area contributed by atoms with Crippen LogP contribution in [-0.2, 0) is 6.42 Å². The molecule has 3 heteroatoms. The molecule has 1 unspecified atom stereocenters. The van der Waals surface area contributed by atoms with Crippen LogP contribution in [-0.4, -0.2) is 29.3 Å². The van der Waals surface area contributed by atoms with Crippen LogP contribution in [0.15, 0.2) is 24.4 Å². The Kier molecular flexibility index (Phi) is 5.59. The molecule has 3 nitrogen and oxygen atoms in total. The summed E-state index contributed by atoms with van der Waals surface area (Å²) in [6.45, 7) is 7.72. The molecule has 0 amide bonds. The van der Waals surface area contributed by atoms with E-state index in [1.165, 1.54) is 0 Å². The summed E-state index contributed by atoms with van der Waals surface area (Å²) in [6, 6.07) is 6.33. The molecule has 0 radical (unpaired) electrons. The number of aliphatic hydroxyl groups excluding tert-OH is 1. The van der Waals surface area contributed by atoms with Crippen molar-refractivity contribution in [3.8, 4) is 0 Å². The van der Waals surface area contributed by atoms with E-state index in [0.29, 0.717) is 6.04 Å². The topological polar surface area (TPSA) is 45.1 Å². The summed E-state index contributed by atoms with van der Waals surface area (Å²) in [7, 11) is 0. The number of hydrogen-bond acceptors (Lipinski definition) is 3. The molecule has 1 heterocycles. The third kappa shape index (κ3) is 5.29. The Morgan fingerprint density at radius 3 is 2.65 bits per heavy atom. The second-order valence-corrected chi connectivity index (χ2v) is 5.46. The van der Waals surface area contributed by atoms with Gasteiger partial charge in [-0.1, -0.05) is 26.8 Å².